The molecule has 25 heavy (non-hydrogen) atoms. The molecule has 0 saturated heterocycles. The molecular formula is C17H19N5O2S. The summed E-state index contributed by atoms with van der Waals surface area (Å²) >= 11 is 1.21. The number of aryl methyl sites for hydroxylation is 3. The molecule has 7 nitrogen and oxygen atoms in total. The van der Waals surface area contributed by atoms with Crippen molar-refractivity contribution in [3.63, 3.8) is 0 Å². The fourth-order valence-corrected chi connectivity index (χ4v) is 2.98. The van der Waals surface area contributed by atoms with Gasteiger partial charge in [0.25, 0.3) is 5.22 Å². The smallest absolute Gasteiger partial charge is 0.277 e. The van der Waals surface area contributed by atoms with E-state index in [2.05, 4.69) is 39.7 Å². The lowest BCUT2D eigenvalue weighted by Gasteiger charge is -2.10. The zero-order chi connectivity index (χ0) is 17.8. The maximum absolute atomic E-state index is 12.2. The molecule has 2 aromatic heterocycles. The minimum Gasteiger partial charge on any atom is -0.416 e. The van der Waals surface area contributed by atoms with E-state index in [9.17, 15) is 4.79 Å². The summed E-state index contributed by atoms with van der Waals surface area (Å²) < 4.78 is 7.05. The lowest BCUT2D eigenvalue weighted by atomic mass is 10.1. The molecule has 2 heterocycles. The van der Waals surface area contributed by atoms with Gasteiger partial charge in [-0.2, -0.15) is 5.10 Å². The number of thioether (sulfide) groups is 1. The van der Waals surface area contributed by atoms with Crippen molar-refractivity contribution >= 4 is 23.5 Å². The van der Waals surface area contributed by atoms with Gasteiger partial charge in [-0.1, -0.05) is 41.6 Å². The number of carbonyl (C=O) groups excluding carboxylic acids is 1. The summed E-state index contributed by atoms with van der Waals surface area (Å²) in [5, 5.41) is 15.3. The number of nitrogens with zero attached hydrogens (tertiary/aromatic N) is 4. The maximum atomic E-state index is 12.2. The second-order valence-electron chi connectivity index (χ2n) is 5.75. The summed E-state index contributed by atoms with van der Waals surface area (Å²) in [5.74, 6) is 1.23. The van der Waals surface area contributed by atoms with Crippen LogP contribution >= 0.6 is 11.8 Å². The fraction of sp³-hybridized carbons (Fsp3) is 0.294. The van der Waals surface area contributed by atoms with E-state index in [0.717, 1.165) is 11.1 Å². The van der Waals surface area contributed by atoms with E-state index in [1.807, 2.05) is 19.1 Å². The number of benzene rings is 1. The molecule has 0 saturated carbocycles. The van der Waals surface area contributed by atoms with Crippen LogP contribution in [0.2, 0.25) is 0 Å². The molecule has 3 aromatic rings. The van der Waals surface area contributed by atoms with Crippen LogP contribution < -0.4 is 5.32 Å². The van der Waals surface area contributed by atoms with Crippen LogP contribution in [0, 0.1) is 20.8 Å². The Morgan fingerprint density at radius 3 is 2.84 bits per heavy atom. The Hall–Kier alpha value is -2.61. The van der Waals surface area contributed by atoms with Crippen LogP contribution in [-0.2, 0) is 11.3 Å². The molecule has 0 aliphatic heterocycles. The van der Waals surface area contributed by atoms with Crippen molar-refractivity contribution < 1.29 is 9.21 Å². The van der Waals surface area contributed by atoms with Gasteiger partial charge >= 0.3 is 0 Å². The van der Waals surface area contributed by atoms with Crippen LogP contribution in [0.4, 0.5) is 5.82 Å². The summed E-state index contributed by atoms with van der Waals surface area (Å²) in [6.45, 7) is 6.28. The molecule has 1 amide bonds. The number of anilines is 1. The van der Waals surface area contributed by atoms with Gasteiger partial charge in [0.2, 0.25) is 11.8 Å². The number of nitrogens with one attached hydrogen (secondary N) is 1. The Morgan fingerprint density at radius 2 is 2.12 bits per heavy atom. The van der Waals surface area contributed by atoms with E-state index in [0.29, 0.717) is 23.5 Å². The van der Waals surface area contributed by atoms with E-state index in [4.69, 9.17) is 4.42 Å². The van der Waals surface area contributed by atoms with E-state index >= 15 is 0 Å². The van der Waals surface area contributed by atoms with Gasteiger partial charge in [-0.05, 0) is 19.4 Å². The number of carbonyl (C=O) groups is 1. The van der Waals surface area contributed by atoms with Crippen LogP contribution in [0.3, 0.4) is 0 Å². The number of hydrogen-bond acceptors (Lipinski definition) is 6. The number of amides is 1. The average Bonchev–Trinajstić information content (AvgIpc) is 3.13. The van der Waals surface area contributed by atoms with Crippen molar-refractivity contribution in [3.05, 3.63) is 53.0 Å². The summed E-state index contributed by atoms with van der Waals surface area (Å²) in [4.78, 5) is 12.2. The first-order valence-electron chi connectivity index (χ1n) is 7.82. The molecule has 1 aromatic carbocycles. The largest absolute Gasteiger partial charge is 0.416 e. The monoisotopic (exact) mass is 357 g/mol. The minimum atomic E-state index is -0.144. The number of rotatable bonds is 6. The Balaban J connectivity index is 1.65. The Kier molecular flexibility index (Phi) is 5.18. The number of aromatic nitrogens is 4. The Morgan fingerprint density at radius 1 is 1.28 bits per heavy atom. The van der Waals surface area contributed by atoms with Crippen molar-refractivity contribution in [3.8, 4) is 0 Å². The van der Waals surface area contributed by atoms with Gasteiger partial charge in [0.15, 0.2) is 0 Å². The topological polar surface area (TPSA) is 85.8 Å². The van der Waals surface area contributed by atoms with Gasteiger partial charge in [-0.25, -0.2) is 4.68 Å². The standard InChI is InChI=1S/C17H19N5O2S/c1-11-5-4-6-14(7-11)9-22-16(12(2)8-18-22)19-15(23)10-25-17-21-20-13(3)24-17/h4-8H,9-10H2,1-3H3,(H,19,23). The molecule has 1 N–H and O–H groups in total. The zero-order valence-corrected chi connectivity index (χ0v) is 15.1. The fourth-order valence-electron chi connectivity index (χ4n) is 2.38. The van der Waals surface area contributed by atoms with E-state index in [1.165, 1.54) is 17.3 Å². The second kappa shape index (κ2) is 7.52. The Labute approximate surface area is 149 Å². The van der Waals surface area contributed by atoms with Crippen molar-refractivity contribution in [1.82, 2.24) is 20.0 Å². The summed E-state index contributed by atoms with van der Waals surface area (Å²) in [7, 11) is 0. The number of hydrogen-bond donors (Lipinski definition) is 1. The molecule has 3 rings (SSSR count). The highest BCUT2D eigenvalue weighted by Gasteiger charge is 2.13. The second-order valence-corrected chi connectivity index (χ2v) is 6.67. The van der Waals surface area contributed by atoms with Crippen molar-refractivity contribution in [2.45, 2.75) is 32.5 Å². The normalized spacial score (nSPS) is 10.8. The maximum Gasteiger partial charge on any atom is 0.277 e. The van der Waals surface area contributed by atoms with Crippen molar-refractivity contribution in [2.75, 3.05) is 11.1 Å². The zero-order valence-electron chi connectivity index (χ0n) is 14.3. The van der Waals surface area contributed by atoms with Crippen LogP contribution in [0.5, 0.6) is 0 Å². The first kappa shape index (κ1) is 17.2. The van der Waals surface area contributed by atoms with Crippen molar-refractivity contribution in [1.29, 1.82) is 0 Å². The third kappa shape index (κ3) is 4.48. The average molecular weight is 357 g/mol. The molecular weight excluding hydrogens is 338 g/mol. The first-order chi connectivity index (χ1) is 12.0. The molecule has 130 valence electrons. The van der Waals surface area contributed by atoms with Crippen LogP contribution in [0.25, 0.3) is 0 Å². The van der Waals surface area contributed by atoms with E-state index < -0.39 is 0 Å². The molecule has 0 spiro atoms. The third-order valence-electron chi connectivity index (χ3n) is 3.53. The Bertz CT molecular complexity index is 887. The van der Waals surface area contributed by atoms with Gasteiger partial charge in [0, 0.05) is 12.5 Å². The van der Waals surface area contributed by atoms with E-state index in [-0.39, 0.29) is 11.7 Å². The predicted octanol–water partition coefficient (Wildman–Crippen LogP) is 2.97. The van der Waals surface area contributed by atoms with Crippen LogP contribution in [0.15, 0.2) is 40.1 Å². The van der Waals surface area contributed by atoms with Crippen LogP contribution in [0.1, 0.15) is 22.6 Å². The molecule has 0 radical (unpaired) electrons. The molecule has 8 heteroatoms. The lowest BCUT2D eigenvalue weighted by molar-refractivity contribution is -0.113. The highest BCUT2D eigenvalue weighted by molar-refractivity contribution is 7.99. The summed E-state index contributed by atoms with van der Waals surface area (Å²) in [5.41, 5.74) is 3.24. The first-order valence-corrected chi connectivity index (χ1v) is 8.80. The summed E-state index contributed by atoms with van der Waals surface area (Å²) in [6.07, 6.45) is 1.75. The van der Waals surface area contributed by atoms with Crippen molar-refractivity contribution in [2.24, 2.45) is 0 Å². The lowest BCUT2D eigenvalue weighted by Crippen LogP contribution is -2.18. The van der Waals surface area contributed by atoms with E-state index in [1.54, 1.807) is 17.8 Å². The van der Waals surface area contributed by atoms with Gasteiger partial charge in [0.05, 0.1) is 18.5 Å². The molecule has 0 bridgehead atoms. The third-order valence-corrected chi connectivity index (χ3v) is 4.35. The molecule has 0 aliphatic rings. The molecule has 0 atom stereocenters. The SMILES string of the molecule is Cc1cccc(Cn2ncc(C)c2NC(=O)CSc2nnc(C)o2)c1. The van der Waals surface area contributed by atoms with Crippen LogP contribution in [-0.4, -0.2) is 31.6 Å². The van der Waals surface area contributed by atoms with Gasteiger partial charge in [-0.3, -0.25) is 4.79 Å². The predicted molar refractivity (Wildman–Crippen MR) is 95.6 cm³/mol. The molecule has 0 fully saturated rings. The minimum absolute atomic E-state index is 0.144. The highest BCUT2D eigenvalue weighted by Crippen LogP contribution is 2.19. The summed E-state index contributed by atoms with van der Waals surface area (Å²) in [6, 6.07) is 8.22. The van der Waals surface area contributed by atoms with Gasteiger partial charge < -0.3 is 9.73 Å². The quantitative estimate of drug-likeness (QED) is 0.683. The van der Waals surface area contributed by atoms with Gasteiger partial charge in [-0.15, -0.1) is 10.2 Å². The molecule has 0 aliphatic carbocycles. The van der Waals surface area contributed by atoms with Gasteiger partial charge in [0.1, 0.15) is 5.82 Å². The molecule has 0 unspecified atom stereocenters. The highest BCUT2D eigenvalue weighted by atomic mass is 32.2.